The molecule has 1 aliphatic rings. The van der Waals surface area contributed by atoms with E-state index in [0.29, 0.717) is 12.0 Å². The van der Waals surface area contributed by atoms with E-state index in [9.17, 15) is 0 Å². The first-order valence-electron chi connectivity index (χ1n) is 8.47. The molecule has 22 heavy (non-hydrogen) atoms. The lowest BCUT2D eigenvalue weighted by atomic mass is 9.96. The molecule has 3 N–H and O–H groups in total. The number of ether oxygens (including phenoxy) is 1. The molecule has 4 nitrogen and oxygen atoms in total. The predicted molar refractivity (Wildman–Crippen MR) is 92.4 cm³/mol. The first kappa shape index (κ1) is 16.7. The Balaban J connectivity index is 1.60. The Bertz CT molecular complexity index is 450. The molecule has 0 bridgehead atoms. The molecule has 1 aliphatic carbocycles. The van der Waals surface area contributed by atoms with Crippen molar-refractivity contribution < 1.29 is 4.74 Å². The number of aryl methyl sites for hydroxylation is 1. The Morgan fingerprint density at radius 1 is 1.18 bits per heavy atom. The van der Waals surface area contributed by atoms with E-state index in [1.165, 1.54) is 37.7 Å². The zero-order valence-corrected chi connectivity index (χ0v) is 13.7. The highest BCUT2D eigenvalue weighted by Gasteiger charge is 2.12. The summed E-state index contributed by atoms with van der Waals surface area (Å²) in [5, 5.41) is 3.35. The van der Waals surface area contributed by atoms with Crippen LogP contribution in [0.25, 0.3) is 0 Å². The summed E-state index contributed by atoms with van der Waals surface area (Å²) in [4.78, 5) is 4.44. The Morgan fingerprint density at radius 2 is 1.91 bits per heavy atom. The summed E-state index contributed by atoms with van der Waals surface area (Å²) < 4.78 is 5.16. The molecule has 0 aliphatic heterocycles. The number of rotatable bonds is 7. The molecule has 2 rings (SSSR count). The van der Waals surface area contributed by atoms with Crippen LogP contribution in [-0.2, 0) is 6.42 Å². The molecule has 0 radical (unpaired) electrons. The zero-order valence-electron chi connectivity index (χ0n) is 13.7. The van der Waals surface area contributed by atoms with Crippen molar-refractivity contribution >= 4 is 5.96 Å². The van der Waals surface area contributed by atoms with Gasteiger partial charge < -0.3 is 15.8 Å². The predicted octanol–water partition coefficient (Wildman–Crippen LogP) is 3.25. The minimum Gasteiger partial charge on any atom is -0.497 e. The van der Waals surface area contributed by atoms with Crippen LogP contribution in [0.1, 0.15) is 50.5 Å². The van der Waals surface area contributed by atoms with Crippen LogP contribution in [0, 0.1) is 0 Å². The number of hydrogen-bond donors (Lipinski definition) is 2. The van der Waals surface area contributed by atoms with Gasteiger partial charge in [0.15, 0.2) is 5.96 Å². The molecule has 0 saturated heterocycles. The normalized spacial score (nSPS) is 16.5. The van der Waals surface area contributed by atoms with Gasteiger partial charge >= 0.3 is 0 Å². The topological polar surface area (TPSA) is 59.6 Å². The Kier molecular flexibility index (Phi) is 7.07. The van der Waals surface area contributed by atoms with Crippen LogP contribution in [0.2, 0.25) is 0 Å². The fourth-order valence-corrected chi connectivity index (χ4v) is 2.93. The second-order valence-corrected chi connectivity index (χ2v) is 6.05. The highest BCUT2D eigenvalue weighted by molar-refractivity contribution is 5.78. The molecule has 0 atom stereocenters. The Hall–Kier alpha value is -1.71. The van der Waals surface area contributed by atoms with E-state index in [1.54, 1.807) is 7.11 Å². The van der Waals surface area contributed by atoms with Gasteiger partial charge in [0.2, 0.25) is 0 Å². The van der Waals surface area contributed by atoms with Crippen LogP contribution in [0.4, 0.5) is 0 Å². The maximum atomic E-state index is 5.95. The van der Waals surface area contributed by atoms with Gasteiger partial charge in [0.25, 0.3) is 0 Å². The third-order valence-corrected chi connectivity index (χ3v) is 4.27. The molecule has 1 aromatic carbocycles. The minimum atomic E-state index is 0.539. The summed E-state index contributed by atoms with van der Waals surface area (Å²) in [5.41, 5.74) is 7.30. The van der Waals surface area contributed by atoms with Gasteiger partial charge in [-0.3, -0.25) is 4.99 Å². The van der Waals surface area contributed by atoms with Crippen molar-refractivity contribution in [2.45, 2.75) is 57.4 Å². The van der Waals surface area contributed by atoms with E-state index in [0.717, 1.165) is 31.6 Å². The second kappa shape index (κ2) is 9.34. The highest BCUT2D eigenvalue weighted by Crippen LogP contribution is 2.17. The van der Waals surface area contributed by atoms with Crippen LogP contribution >= 0.6 is 0 Å². The summed E-state index contributed by atoms with van der Waals surface area (Å²) in [6, 6.07) is 8.82. The van der Waals surface area contributed by atoms with E-state index in [4.69, 9.17) is 10.5 Å². The molecule has 1 saturated carbocycles. The lowest BCUT2D eigenvalue weighted by Crippen LogP contribution is -2.41. The molecular formula is C18H29N3O. The number of benzene rings is 1. The molecule has 1 fully saturated rings. The average molecular weight is 303 g/mol. The van der Waals surface area contributed by atoms with Crippen molar-refractivity contribution in [3.8, 4) is 5.75 Å². The number of unbranched alkanes of at least 4 members (excludes halogenated alkanes) is 1. The van der Waals surface area contributed by atoms with Crippen molar-refractivity contribution in [1.29, 1.82) is 0 Å². The van der Waals surface area contributed by atoms with Crippen molar-refractivity contribution in [3.63, 3.8) is 0 Å². The van der Waals surface area contributed by atoms with Gasteiger partial charge in [-0.1, -0.05) is 31.4 Å². The van der Waals surface area contributed by atoms with Crippen LogP contribution in [-0.4, -0.2) is 25.7 Å². The molecule has 0 heterocycles. The van der Waals surface area contributed by atoms with E-state index >= 15 is 0 Å². The number of nitrogens with two attached hydrogens (primary N) is 1. The minimum absolute atomic E-state index is 0.539. The van der Waals surface area contributed by atoms with Gasteiger partial charge in [-0.25, -0.2) is 0 Å². The maximum Gasteiger partial charge on any atom is 0.188 e. The highest BCUT2D eigenvalue weighted by atomic mass is 16.5. The van der Waals surface area contributed by atoms with Crippen molar-refractivity contribution in [2.24, 2.45) is 10.7 Å². The molecule has 122 valence electrons. The second-order valence-electron chi connectivity index (χ2n) is 6.05. The number of hydrogen-bond acceptors (Lipinski definition) is 2. The summed E-state index contributed by atoms with van der Waals surface area (Å²) in [5.74, 6) is 1.53. The Morgan fingerprint density at radius 3 is 2.59 bits per heavy atom. The third kappa shape index (κ3) is 5.96. The summed E-state index contributed by atoms with van der Waals surface area (Å²) >= 11 is 0. The molecule has 0 unspecified atom stereocenters. The quantitative estimate of drug-likeness (QED) is 0.462. The number of nitrogens with zero attached hydrogens (tertiary/aromatic N) is 1. The zero-order chi connectivity index (χ0) is 15.6. The van der Waals surface area contributed by atoms with Crippen LogP contribution in [0.5, 0.6) is 5.75 Å². The summed E-state index contributed by atoms with van der Waals surface area (Å²) in [7, 11) is 1.69. The van der Waals surface area contributed by atoms with E-state index < -0.39 is 0 Å². The summed E-state index contributed by atoms with van der Waals surface area (Å²) in [6.45, 7) is 0.807. The van der Waals surface area contributed by atoms with E-state index in [-0.39, 0.29) is 0 Å². The van der Waals surface area contributed by atoms with Gasteiger partial charge in [0.1, 0.15) is 5.75 Å². The van der Waals surface area contributed by atoms with E-state index in [1.807, 2.05) is 12.1 Å². The fraction of sp³-hybridized carbons (Fsp3) is 0.611. The number of guanidine groups is 1. The third-order valence-electron chi connectivity index (χ3n) is 4.27. The van der Waals surface area contributed by atoms with Crippen molar-refractivity contribution in [1.82, 2.24) is 5.32 Å². The van der Waals surface area contributed by atoms with Crippen molar-refractivity contribution in [2.75, 3.05) is 13.7 Å². The van der Waals surface area contributed by atoms with Crippen LogP contribution in [0.3, 0.4) is 0 Å². The van der Waals surface area contributed by atoms with Gasteiger partial charge in [0, 0.05) is 12.6 Å². The van der Waals surface area contributed by atoms with Gasteiger partial charge in [-0.2, -0.15) is 0 Å². The van der Waals surface area contributed by atoms with Crippen molar-refractivity contribution in [3.05, 3.63) is 29.8 Å². The standard InChI is InChI=1S/C18H29N3O/c1-22-17-12-10-15(11-13-17)7-5-6-14-20-18(19)21-16-8-3-2-4-9-16/h10-13,16H,2-9,14H2,1H3,(H3,19,20,21). The molecule has 0 aromatic heterocycles. The largest absolute Gasteiger partial charge is 0.497 e. The number of aliphatic imine (C=N–C) groups is 1. The lowest BCUT2D eigenvalue weighted by molar-refractivity contribution is 0.412. The number of nitrogens with one attached hydrogen (secondary N) is 1. The molecule has 0 spiro atoms. The first-order valence-corrected chi connectivity index (χ1v) is 8.47. The molecule has 0 amide bonds. The Labute approximate surface area is 134 Å². The average Bonchev–Trinajstić information content (AvgIpc) is 2.56. The monoisotopic (exact) mass is 303 g/mol. The van der Waals surface area contributed by atoms with E-state index in [2.05, 4.69) is 22.4 Å². The molecule has 4 heteroatoms. The number of methoxy groups -OCH3 is 1. The SMILES string of the molecule is COc1ccc(CCCCN=C(N)NC2CCCCC2)cc1. The lowest BCUT2D eigenvalue weighted by Gasteiger charge is -2.23. The van der Waals surface area contributed by atoms with Crippen LogP contribution < -0.4 is 15.8 Å². The van der Waals surface area contributed by atoms with Gasteiger partial charge in [0.05, 0.1) is 7.11 Å². The molecule has 1 aromatic rings. The first-order chi connectivity index (χ1) is 10.8. The smallest absolute Gasteiger partial charge is 0.188 e. The maximum absolute atomic E-state index is 5.95. The van der Waals surface area contributed by atoms with Gasteiger partial charge in [-0.15, -0.1) is 0 Å². The van der Waals surface area contributed by atoms with Crippen LogP contribution in [0.15, 0.2) is 29.3 Å². The fourth-order valence-electron chi connectivity index (χ4n) is 2.93. The van der Waals surface area contributed by atoms with Gasteiger partial charge in [-0.05, 0) is 49.8 Å². The molecular weight excluding hydrogens is 274 g/mol. The summed E-state index contributed by atoms with van der Waals surface area (Å²) in [6.07, 6.45) is 9.72.